The molecule has 1 fully saturated rings. The summed E-state index contributed by atoms with van der Waals surface area (Å²) in [5.74, 6) is -0.394. The summed E-state index contributed by atoms with van der Waals surface area (Å²) < 4.78 is 18.1. The molecular weight excluding hydrogens is 311 g/mol. The number of hydrogen-bond donors (Lipinski definition) is 1. The number of hydrogen-bond acceptors (Lipinski definition) is 3. The van der Waals surface area contributed by atoms with Gasteiger partial charge in [0, 0.05) is 19.5 Å². The Hall–Kier alpha value is -2.63. The van der Waals surface area contributed by atoms with Gasteiger partial charge >= 0.3 is 0 Å². The molecule has 5 nitrogen and oxygen atoms in total. The molecule has 1 N–H and O–H groups in total. The largest absolute Gasteiger partial charge is 0.459 e. The Morgan fingerprint density at radius 3 is 2.75 bits per heavy atom. The molecule has 126 valence electrons. The predicted octanol–water partition coefficient (Wildman–Crippen LogP) is 2.90. The Balaban J connectivity index is 1.54. The standard InChI is InChI=1S/C18H19FN2O3/c19-14-7-5-13(6-8-14)15-3-1-11-21(15)17(22)9-10-20-18(23)16-4-2-12-24-16/h2,4-8,12,15H,1,3,9-11H2,(H,20,23). The highest BCUT2D eigenvalue weighted by atomic mass is 19.1. The number of nitrogens with zero attached hydrogens (tertiary/aromatic N) is 1. The maximum Gasteiger partial charge on any atom is 0.286 e. The van der Waals surface area contributed by atoms with Crippen molar-refractivity contribution in [1.82, 2.24) is 10.2 Å². The van der Waals surface area contributed by atoms with Gasteiger partial charge in [0.2, 0.25) is 5.91 Å². The normalized spacial score (nSPS) is 17.0. The van der Waals surface area contributed by atoms with Crippen LogP contribution < -0.4 is 5.32 Å². The summed E-state index contributed by atoms with van der Waals surface area (Å²) in [4.78, 5) is 26.0. The van der Waals surface area contributed by atoms with Gasteiger partial charge in [-0.25, -0.2) is 4.39 Å². The summed E-state index contributed by atoms with van der Waals surface area (Å²) in [5.41, 5.74) is 0.946. The predicted molar refractivity (Wildman–Crippen MR) is 85.7 cm³/mol. The molecule has 0 saturated carbocycles. The first-order valence-corrected chi connectivity index (χ1v) is 8.02. The zero-order valence-electron chi connectivity index (χ0n) is 13.2. The third-order valence-corrected chi connectivity index (χ3v) is 4.20. The van der Waals surface area contributed by atoms with Crippen LogP contribution in [0.25, 0.3) is 0 Å². The van der Waals surface area contributed by atoms with E-state index < -0.39 is 0 Å². The van der Waals surface area contributed by atoms with Crippen LogP contribution in [0.15, 0.2) is 47.1 Å². The fourth-order valence-corrected chi connectivity index (χ4v) is 3.02. The quantitative estimate of drug-likeness (QED) is 0.917. The van der Waals surface area contributed by atoms with E-state index in [-0.39, 0.29) is 42.4 Å². The Morgan fingerprint density at radius 2 is 2.04 bits per heavy atom. The van der Waals surface area contributed by atoms with Crippen LogP contribution in [0.3, 0.4) is 0 Å². The van der Waals surface area contributed by atoms with E-state index in [1.807, 2.05) is 4.90 Å². The first kappa shape index (κ1) is 16.2. The van der Waals surface area contributed by atoms with E-state index in [9.17, 15) is 14.0 Å². The van der Waals surface area contributed by atoms with Gasteiger partial charge in [0.1, 0.15) is 5.82 Å². The number of carbonyl (C=O) groups excluding carboxylic acids is 2. The zero-order chi connectivity index (χ0) is 16.9. The average Bonchev–Trinajstić information content (AvgIpc) is 3.27. The van der Waals surface area contributed by atoms with Gasteiger partial charge in [0.05, 0.1) is 12.3 Å². The molecule has 1 saturated heterocycles. The number of nitrogens with one attached hydrogen (secondary N) is 1. The second-order valence-electron chi connectivity index (χ2n) is 5.78. The molecule has 0 radical (unpaired) electrons. The van der Waals surface area contributed by atoms with Crippen molar-refractivity contribution in [2.45, 2.75) is 25.3 Å². The lowest BCUT2D eigenvalue weighted by Crippen LogP contribution is -2.34. The van der Waals surface area contributed by atoms with Crippen LogP contribution in [-0.2, 0) is 4.79 Å². The van der Waals surface area contributed by atoms with Crippen LogP contribution in [0, 0.1) is 5.82 Å². The number of amides is 2. The van der Waals surface area contributed by atoms with Crippen molar-refractivity contribution in [2.75, 3.05) is 13.1 Å². The van der Waals surface area contributed by atoms with E-state index in [0.717, 1.165) is 18.4 Å². The molecule has 1 aromatic carbocycles. The molecule has 2 heterocycles. The molecule has 1 aromatic heterocycles. The summed E-state index contributed by atoms with van der Waals surface area (Å²) in [6, 6.07) is 9.48. The minimum absolute atomic E-state index is 0.0124. The van der Waals surface area contributed by atoms with Gasteiger partial charge in [-0.2, -0.15) is 0 Å². The maximum atomic E-state index is 13.1. The number of rotatable bonds is 5. The Bertz CT molecular complexity index is 698. The van der Waals surface area contributed by atoms with Gasteiger partial charge < -0.3 is 14.6 Å². The molecule has 0 bridgehead atoms. The van der Waals surface area contributed by atoms with Crippen molar-refractivity contribution in [1.29, 1.82) is 0 Å². The topological polar surface area (TPSA) is 62.6 Å². The second-order valence-corrected chi connectivity index (χ2v) is 5.78. The molecule has 24 heavy (non-hydrogen) atoms. The molecule has 1 unspecified atom stereocenters. The Morgan fingerprint density at radius 1 is 1.25 bits per heavy atom. The lowest BCUT2D eigenvalue weighted by Gasteiger charge is -2.25. The number of likely N-dealkylation sites (tertiary alicyclic amines) is 1. The third-order valence-electron chi connectivity index (χ3n) is 4.20. The zero-order valence-corrected chi connectivity index (χ0v) is 13.2. The van der Waals surface area contributed by atoms with Gasteiger partial charge in [-0.1, -0.05) is 12.1 Å². The molecule has 1 aliphatic heterocycles. The van der Waals surface area contributed by atoms with Crippen LogP contribution in [-0.4, -0.2) is 29.8 Å². The summed E-state index contributed by atoms with van der Waals surface area (Å²) in [7, 11) is 0. The average molecular weight is 330 g/mol. The number of benzene rings is 1. The highest BCUT2D eigenvalue weighted by Crippen LogP contribution is 2.32. The minimum atomic E-state index is -0.329. The number of furan rings is 1. The number of carbonyl (C=O) groups is 2. The van der Waals surface area contributed by atoms with Crippen LogP contribution in [0.2, 0.25) is 0 Å². The molecule has 1 atom stereocenters. The lowest BCUT2D eigenvalue weighted by molar-refractivity contribution is -0.132. The molecule has 1 aliphatic rings. The van der Waals surface area contributed by atoms with Crippen molar-refractivity contribution in [3.63, 3.8) is 0 Å². The molecular formula is C18H19FN2O3. The van der Waals surface area contributed by atoms with E-state index in [1.165, 1.54) is 18.4 Å². The summed E-state index contributed by atoms with van der Waals surface area (Å²) in [5, 5.41) is 2.67. The molecule has 0 aliphatic carbocycles. The van der Waals surface area contributed by atoms with Crippen LogP contribution in [0.1, 0.15) is 41.4 Å². The van der Waals surface area contributed by atoms with Gasteiger partial charge in [-0.15, -0.1) is 0 Å². The van der Waals surface area contributed by atoms with E-state index in [2.05, 4.69) is 5.32 Å². The first-order chi connectivity index (χ1) is 11.6. The smallest absolute Gasteiger partial charge is 0.286 e. The molecule has 0 spiro atoms. The fourth-order valence-electron chi connectivity index (χ4n) is 3.02. The summed E-state index contributed by atoms with van der Waals surface area (Å²) in [6.45, 7) is 0.942. The van der Waals surface area contributed by atoms with E-state index in [1.54, 1.807) is 24.3 Å². The van der Waals surface area contributed by atoms with Crippen LogP contribution in [0.4, 0.5) is 4.39 Å². The fraction of sp³-hybridized carbons (Fsp3) is 0.333. The van der Waals surface area contributed by atoms with E-state index in [0.29, 0.717) is 6.54 Å². The third kappa shape index (κ3) is 3.64. The van der Waals surface area contributed by atoms with Gasteiger partial charge in [-0.05, 0) is 42.7 Å². The highest BCUT2D eigenvalue weighted by Gasteiger charge is 2.29. The van der Waals surface area contributed by atoms with Crippen molar-refractivity contribution in [2.24, 2.45) is 0 Å². The first-order valence-electron chi connectivity index (χ1n) is 8.02. The van der Waals surface area contributed by atoms with E-state index in [4.69, 9.17) is 4.42 Å². The lowest BCUT2D eigenvalue weighted by atomic mass is 10.0. The monoisotopic (exact) mass is 330 g/mol. The van der Waals surface area contributed by atoms with Crippen LogP contribution >= 0.6 is 0 Å². The number of halogens is 1. The Kier molecular flexibility index (Phi) is 4.93. The van der Waals surface area contributed by atoms with Gasteiger partial charge in [-0.3, -0.25) is 9.59 Å². The molecule has 2 aromatic rings. The summed E-state index contributed by atoms with van der Waals surface area (Å²) >= 11 is 0. The maximum absolute atomic E-state index is 13.1. The van der Waals surface area contributed by atoms with Crippen molar-refractivity contribution in [3.05, 3.63) is 59.8 Å². The second kappa shape index (κ2) is 7.29. The van der Waals surface area contributed by atoms with Crippen molar-refractivity contribution < 1.29 is 18.4 Å². The van der Waals surface area contributed by atoms with Crippen LogP contribution in [0.5, 0.6) is 0 Å². The van der Waals surface area contributed by atoms with Crippen molar-refractivity contribution >= 4 is 11.8 Å². The Labute approximate surface area is 139 Å². The van der Waals surface area contributed by atoms with E-state index >= 15 is 0 Å². The highest BCUT2D eigenvalue weighted by molar-refractivity contribution is 5.91. The van der Waals surface area contributed by atoms with Gasteiger partial charge in [0.15, 0.2) is 5.76 Å². The van der Waals surface area contributed by atoms with Crippen molar-refractivity contribution in [3.8, 4) is 0 Å². The molecule has 6 heteroatoms. The molecule has 3 rings (SSSR count). The summed E-state index contributed by atoms with van der Waals surface area (Å²) in [6.07, 6.45) is 3.45. The molecule has 2 amide bonds. The van der Waals surface area contributed by atoms with Gasteiger partial charge in [0.25, 0.3) is 5.91 Å². The minimum Gasteiger partial charge on any atom is -0.459 e. The SMILES string of the molecule is O=C(NCCC(=O)N1CCCC1c1ccc(F)cc1)c1ccco1.